The second-order valence-corrected chi connectivity index (χ2v) is 4.16. The van der Waals surface area contributed by atoms with Crippen LogP contribution < -0.4 is 15.2 Å². The van der Waals surface area contributed by atoms with Crippen molar-refractivity contribution in [3.8, 4) is 17.8 Å². The number of nitrogen functional groups attached to an aromatic ring is 1. The molecule has 0 radical (unpaired) electrons. The molecule has 0 amide bonds. The van der Waals surface area contributed by atoms with Crippen molar-refractivity contribution in [3.63, 3.8) is 0 Å². The van der Waals surface area contributed by atoms with E-state index < -0.39 is 0 Å². The van der Waals surface area contributed by atoms with E-state index in [0.29, 0.717) is 12.4 Å². The summed E-state index contributed by atoms with van der Waals surface area (Å²) in [6, 6.07) is 9.79. The average Bonchev–Trinajstić information content (AvgIpc) is 2.47. The number of aromatic nitrogens is 4. The summed E-state index contributed by atoms with van der Waals surface area (Å²) in [5.74, 6) is 0.555. The van der Waals surface area contributed by atoms with Crippen molar-refractivity contribution in [2.45, 2.75) is 6.92 Å². The van der Waals surface area contributed by atoms with Crippen LogP contribution in [0, 0.1) is 0 Å². The van der Waals surface area contributed by atoms with Crippen LogP contribution in [0.2, 0.25) is 0 Å². The maximum absolute atomic E-state index is 5.60. The van der Waals surface area contributed by atoms with Crippen LogP contribution in [0.4, 0.5) is 5.95 Å². The number of nitrogens with zero attached hydrogens (tertiary/aromatic N) is 4. The third-order valence-electron chi connectivity index (χ3n) is 2.66. The number of pyridine rings is 1. The average molecular weight is 283 g/mol. The second-order valence-electron chi connectivity index (χ2n) is 4.16. The highest BCUT2D eigenvalue weighted by atomic mass is 16.5. The molecule has 7 heteroatoms. The fourth-order valence-electron chi connectivity index (χ4n) is 1.80. The number of fused-ring (bicyclic) bond motifs is 1. The van der Waals surface area contributed by atoms with Gasteiger partial charge in [-0.1, -0.05) is 18.2 Å². The zero-order chi connectivity index (χ0) is 14.7. The van der Waals surface area contributed by atoms with Crippen molar-refractivity contribution in [2.75, 3.05) is 12.3 Å². The Morgan fingerprint density at radius 2 is 1.90 bits per heavy atom. The number of anilines is 1. The molecular formula is C14H13N5O2. The Kier molecular flexibility index (Phi) is 3.46. The van der Waals surface area contributed by atoms with Crippen LogP contribution in [0.3, 0.4) is 0 Å². The monoisotopic (exact) mass is 283 g/mol. The van der Waals surface area contributed by atoms with Gasteiger partial charge in [-0.3, -0.25) is 4.98 Å². The predicted molar refractivity (Wildman–Crippen MR) is 77.2 cm³/mol. The van der Waals surface area contributed by atoms with Gasteiger partial charge in [0.1, 0.15) is 5.75 Å². The van der Waals surface area contributed by atoms with Crippen LogP contribution in [0.25, 0.3) is 10.9 Å². The van der Waals surface area contributed by atoms with Gasteiger partial charge in [0.05, 0.1) is 18.3 Å². The minimum Gasteiger partial charge on any atom is -0.464 e. The van der Waals surface area contributed by atoms with E-state index in [1.807, 2.05) is 37.3 Å². The summed E-state index contributed by atoms with van der Waals surface area (Å²) in [5.41, 5.74) is 6.48. The van der Waals surface area contributed by atoms with Gasteiger partial charge in [-0.05, 0) is 19.1 Å². The highest BCUT2D eigenvalue weighted by Crippen LogP contribution is 2.22. The van der Waals surface area contributed by atoms with Gasteiger partial charge in [0.15, 0.2) is 0 Å². The Morgan fingerprint density at radius 3 is 2.76 bits per heavy atom. The first-order valence-electron chi connectivity index (χ1n) is 6.41. The molecule has 7 nitrogen and oxygen atoms in total. The fraction of sp³-hybridized carbons (Fsp3) is 0.143. The summed E-state index contributed by atoms with van der Waals surface area (Å²) in [6.07, 6.45) is 1.60. The molecule has 0 saturated carbocycles. The van der Waals surface area contributed by atoms with Crippen molar-refractivity contribution >= 4 is 16.9 Å². The minimum atomic E-state index is 0.0391. The van der Waals surface area contributed by atoms with E-state index in [2.05, 4.69) is 19.9 Å². The van der Waals surface area contributed by atoms with E-state index in [9.17, 15) is 0 Å². The molecule has 0 bridgehead atoms. The molecular weight excluding hydrogens is 270 g/mol. The van der Waals surface area contributed by atoms with E-state index in [0.717, 1.165) is 10.9 Å². The lowest BCUT2D eigenvalue weighted by molar-refractivity contribution is 0.304. The molecule has 21 heavy (non-hydrogen) atoms. The smallest absolute Gasteiger partial charge is 0.330 e. The van der Waals surface area contributed by atoms with Crippen molar-refractivity contribution in [2.24, 2.45) is 0 Å². The maximum Gasteiger partial charge on any atom is 0.330 e. The lowest BCUT2D eigenvalue weighted by atomic mass is 10.2. The number of benzene rings is 1. The summed E-state index contributed by atoms with van der Waals surface area (Å²) in [5, 5.41) is 0.960. The van der Waals surface area contributed by atoms with Gasteiger partial charge < -0.3 is 15.2 Å². The largest absolute Gasteiger partial charge is 0.464 e. The third-order valence-corrected chi connectivity index (χ3v) is 2.66. The molecule has 0 aliphatic heterocycles. The Balaban J connectivity index is 1.90. The molecule has 2 N–H and O–H groups in total. The molecule has 0 fully saturated rings. The first-order chi connectivity index (χ1) is 10.2. The topological polar surface area (TPSA) is 96.0 Å². The van der Waals surface area contributed by atoms with Gasteiger partial charge >= 0.3 is 12.0 Å². The highest BCUT2D eigenvalue weighted by molar-refractivity contribution is 5.79. The fourth-order valence-corrected chi connectivity index (χ4v) is 1.80. The molecule has 0 saturated heterocycles. The quantitative estimate of drug-likeness (QED) is 0.783. The SMILES string of the molecule is CCOc1nc(N)nc(Oc2cnc3ccccc3c2)n1. The van der Waals surface area contributed by atoms with Crippen LogP contribution in [0.5, 0.6) is 17.8 Å². The highest BCUT2D eigenvalue weighted by Gasteiger charge is 2.08. The molecule has 0 unspecified atom stereocenters. The van der Waals surface area contributed by atoms with E-state index in [1.54, 1.807) is 6.20 Å². The van der Waals surface area contributed by atoms with Crippen LogP contribution in [-0.2, 0) is 0 Å². The van der Waals surface area contributed by atoms with E-state index in [-0.39, 0.29) is 18.0 Å². The minimum absolute atomic E-state index is 0.0391. The third kappa shape index (κ3) is 2.97. The summed E-state index contributed by atoms with van der Waals surface area (Å²) in [7, 11) is 0. The number of para-hydroxylation sites is 1. The van der Waals surface area contributed by atoms with Gasteiger partial charge in [-0.2, -0.15) is 9.97 Å². The number of hydrogen-bond donors (Lipinski definition) is 1. The second kappa shape index (κ2) is 5.58. The molecule has 0 atom stereocenters. The van der Waals surface area contributed by atoms with Crippen LogP contribution in [-0.4, -0.2) is 26.5 Å². The van der Waals surface area contributed by atoms with Gasteiger partial charge in [0.2, 0.25) is 5.95 Å². The standard InChI is InChI=1S/C14H13N5O2/c1-2-20-13-17-12(15)18-14(19-13)21-10-7-9-5-3-4-6-11(9)16-8-10/h3-8H,2H2,1H3,(H2,15,17,18,19). The van der Waals surface area contributed by atoms with Gasteiger partial charge in [0, 0.05) is 5.39 Å². The van der Waals surface area contributed by atoms with E-state index in [1.165, 1.54) is 0 Å². The molecule has 106 valence electrons. The molecule has 0 aliphatic carbocycles. The molecule has 2 heterocycles. The Hall–Kier alpha value is -2.96. The van der Waals surface area contributed by atoms with Crippen molar-refractivity contribution in [3.05, 3.63) is 36.5 Å². The number of rotatable bonds is 4. The van der Waals surface area contributed by atoms with Gasteiger partial charge in [-0.25, -0.2) is 0 Å². The van der Waals surface area contributed by atoms with E-state index >= 15 is 0 Å². The summed E-state index contributed by atoms with van der Waals surface area (Å²) in [6.45, 7) is 2.26. The Labute approximate surface area is 120 Å². The molecule has 3 aromatic rings. The molecule has 1 aromatic carbocycles. The van der Waals surface area contributed by atoms with Crippen molar-refractivity contribution in [1.82, 2.24) is 19.9 Å². The molecule has 3 rings (SSSR count). The summed E-state index contributed by atoms with van der Waals surface area (Å²) >= 11 is 0. The van der Waals surface area contributed by atoms with Crippen LogP contribution in [0.15, 0.2) is 36.5 Å². The molecule has 0 spiro atoms. The summed E-state index contributed by atoms with van der Waals surface area (Å²) in [4.78, 5) is 16.1. The Bertz CT molecular complexity index is 778. The number of hydrogen-bond acceptors (Lipinski definition) is 7. The molecule has 0 aliphatic rings. The lowest BCUT2D eigenvalue weighted by Gasteiger charge is -2.06. The normalized spacial score (nSPS) is 10.5. The van der Waals surface area contributed by atoms with E-state index in [4.69, 9.17) is 15.2 Å². The number of nitrogens with two attached hydrogens (primary N) is 1. The first kappa shape index (κ1) is 13.0. The van der Waals surface area contributed by atoms with Crippen molar-refractivity contribution < 1.29 is 9.47 Å². The van der Waals surface area contributed by atoms with Crippen LogP contribution in [0.1, 0.15) is 6.92 Å². The predicted octanol–water partition coefficient (Wildman–Crippen LogP) is 2.19. The van der Waals surface area contributed by atoms with Gasteiger partial charge in [-0.15, -0.1) is 4.98 Å². The maximum atomic E-state index is 5.60. The Morgan fingerprint density at radius 1 is 1.10 bits per heavy atom. The first-order valence-corrected chi connectivity index (χ1v) is 6.41. The van der Waals surface area contributed by atoms with Crippen LogP contribution >= 0.6 is 0 Å². The lowest BCUT2D eigenvalue weighted by Crippen LogP contribution is -2.04. The van der Waals surface area contributed by atoms with Gasteiger partial charge in [0.25, 0.3) is 0 Å². The zero-order valence-corrected chi connectivity index (χ0v) is 11.4. The van der Waals surface area contributed by atoms with Crippen molar-refractivity contribution in [1.29, 1.82) is 0 Å². The molecule has 2 aromatic heterocycles. The number of ether oxygens (including phenoxy) is 2. The zero-order valence-electron chi connectivity index (χ0n) is 11.4. The summed E-state index contributed by atoms with van der Waals surface area (Å²) < 4.78 is 10.8.